The van der Waals surface area contributed by atoms with Crippen molar-refractivity contribution in [3.05, 3.63) is 28.8 Å². The van der Waals surface area contributed by atoms with Crippen LogP contribution in [0.3, 0.4) is 0 Å². The molecule has 0 bridgehead atoms. The monoisotopic (exact) mass is 344 g/mol. The first-order valence-electron chi connectivity index (χ1n) is 7.49. The molecule has 2 heterocycles. The van der Waals surface area contributed by atoms with Crippen molar-refractivity contribution in [2.75, 3.05) is 26.7 Å². The minimum atomic E-state index is -4.64. The van der Waals surface area contributed by atoms with Crippen LogP contribution in [0.1, 0.15) is 21.5 Å². The molecule has 8 heteroatoms. The van der Waals surface area contributed by atoms with Crippen LogP contribution in [-0.2, 0) is 11.2 Å². The zero-order valence-electron chi connectivity index (χ0n) is 13.4. The number of amides is 1. The molecule has 0 saturated carbocycles. The summed E-state index contributed by atoms with van der Waals surface area (Å²) in [7, 11) is 1.67. The molecule has 2 aliphatic heterocycles. The highest BCUT2D eigenvalue weighted by Gasteiger charge is 2.36. The average Bonchev–Trinajstić information content (AvgIpc) is 2.55. The van der Waals surface area contributed by atoms with Gasteiger partial charge < -0.3 is 15.0 Å². The number of ether oxygens (including phenoxy) is 1. The molecule has 1 aromatic carbocycles. The average molecular weight is 344 g/mol. The van der Waals surface area contributed by atoms with Gasteiger partial charge in [-0.15, -0.1) is 0 Å². The van der Waals surface area contributed by atoms with Gasteiger partial charge in [-0.05, 0) is 25.0 Å². The van der Waals surface area contributed by atoms with Crippen LogP contribution in [0.4, 0.5) is 13.2 Å². The first kappa shape index (κ1) is 18.3. The molecule has 1 saturated heterocycles. The number of hydrogen-bond donors (Lipinski definition) is 1. The highest BCUT2D eigenvalue weighted by atomic mass is 19.4. The van der Waals surface area contributed by atoms with E-state index >= 15 is 0 Å². The summed E-state index contributed by atoms with van der Waals surface area (Å²) in [4.78, 5) is 23.3. The van der Waals surface area contributed by atoms with Crippen molar-refractivity contribution in [1.82, 2.24) is 10.2 Å². The van der Waals surface area contributed by atoms with Gasteiger partial charge in [0, 0.05) is 36.8 Å². The summed E-state index contributed by atoms with van der Waals surface area (Å²) >= 11 is 0. The summed E-state index contributed by atoms with van der Waals surface area (Å²) in [5.74, 6) is 1.01. The Balaban J connectivity index is 0.000000301. The normalized spacial score (nSPS) is 19.6. The molecule has 1 atom stereocenters. The minimum absolute atomic E-state index is 0.166. The molecule has 5 nitrogen and oxygen atoms in total. The lowest BCUT2D eigenvalue weighted by Crippen LogP contribution is -2.57. The predicted octanol–water partition coefficient (Wildman–Crippen LogP) is 1.72. The molecule has 1 aromatic rings. The Morgan fingerprint density at radius 3 is 2.62 bits per heavy atom. The van der Waals surface area contributed by atoms with Gasteiger partial charge in [0.1, 0.15) is 5.75 Å². The second kappa shape index (κ2) is 7.21. The van der Waals surface area contributed by atoms with Gasteiger partial charge in [-0.2, -0.15) is 13.2 Å². The molecular formula is C16H19F3N2O3. The molecule has 0 radical (unpaired) electrons. The number of fused-ring (bicyclic) bond motifs is 2. The fourth-order valence-electron chi connectivity index (χ4n) is 3.03. The molecule has 132 valence electrons. The number of alkyl halides is 3. The van der Waals surface area contributed by atoms with Crippen LogP contribution in [0.2, 0.25) is 0 Å². The van der Waals surface area contributed by atoms with Gasteiger partial charge in [0.15, 0.2) is 0 Å². The van der Waals surface area contributed by atoms with E-state index in [9.17, 15) is 18.0 Å². The molecule has 3 rings (SSSR count). The highest BCUT2D eigenvalue weighted by Crippen LogP contribution is 2.33. The summed E-state index contributed by atoms with van der Waals surface area (Å²) in [6, 6.07) is 4.21. The van der Waals surface area contributed by atoms with Gasteiger partial charge in [-0.1, -0.05) is 6.07 Å². The molecule has 24 heavy (non-hydrogen) atoms. The van der Waals surface area contributed by atoms with Crippen LogP contribution in [0.5, 0.6) is 5.75 Å². The van der Waals surface area contributed by atoms with Gasteiger partial charge in [0.25, 0.3) is 5.91 Å². The Labute approximate surface area is 137 Å². The number of nitrogens with one attached hydrogen (secondary N) is 1. The van der Waals surface area contributed by atoms with Crippen molar-refractivity contribution in [2.24, 2.45) is 0 Å². The fraction of sp³-hybridized carbons (Fsp3) is 0.500. The Hall–Kier alpha value is -2.09. The lowest BCUT2D eigenvalue weighted by molar-refractivity contribution is -0.156. The first-order valence-corrected chi connectivity index (χ1v) is 7.49. The second-order valence-electron chi connectivity index (χ2n) is 5.66. The number of aryl methyl sites for hydroxylation is 1. The Morgan fingerprint density at radius 1 is 1.38 bits per heavy atom. The summed E-state index contributed by atoms with van der Waals surface area (Å²) in [6.07, 6.45) is -4.81. The Kier molecular flexibility index (Phi) is 5.48. The van der Waals surface area contributed by atoms with Crippen molar-refractivity contribution >= 4 is 12.2 Å². The van der Waals surface area contributed by atoms with E-state index in [0.717, 1.165) is 48.5 Å². The number of piperazine rings is 1. The van der Waals surface area contributed by atoms with Crippen molar-refractivity contribution in [1.29, 1.82) is 0 Å². The maximum absolute atomic E-state index is 12.6. The van der Waals surface area contributed by atoms with Gasteiger partial charge in [0.05, 0.1) is 7.11 Å². The summed E-state index contributed by atoms with van der Waals surface area (Å²) < 4.78 is 36.7. The van der Waals surface area contributed by atoms with Crippen molar-refractivity contribution in [3.8, 4) is 5.75 Å². The van der Waals surface area contributed by atoms with Gasteiger partial charge in [0.2, 0.25) is 6.29 Å². The maximum atomic E-state index is 12.6. The van der Waals surface area contributed by atoms with Crippen LogP contribution in [-0.4, -0.2) is 56.1 Å². The molecule has 0 unspecified atom stereocenters. The second-order valence-corrected chi connectivity index (χ2v) is 5.66. The standard InChI is InChI=1S/C14H18N2O2.C2HF3O/c1-9-3-4-12(18-2)11-7-10-8-15-5-6-16(10)14(17)13(9)11;3-2(4,5)1-6/h3-4,10,15H,5-8H2,1-2H3;1H/t10-;/m1./s1. The van der Waals surface area contributed by atoms with E-state index in [1.54, 1.807) is 7.11 Å². The summed E-state index contributed by atoms with van der Waals surface area (Å²) in [5.41, 5.74) is 2.98. The van der Waals surface area contributed by atoms with E-state index < -0.39 is 12.5 Å². The number of aldehydes is 1. The number of methoxy groups -OCH3 is 1. The van der Waals surface area contributed by atoms with Crippen molar-refractivity contribution < 1.29 is 27.5 Å². The van der Waals surface area contributed by atoms with Crippen LogP contribution in [0.25, 0.3) is 0 Å². The number of carbonyl (C=O) groups excluding carboxylic acids is 2. The predicted molar refractivity (Wildman–Crippen MR) is 81.2 cm³/mol. The number of hydrogen-bond acceptors (Lipinski definition) is 4. The lowest BCUT2D eigenvalue weighted by atomic mass is 9.88. The molecule has 1 N–H and O–H groups in total. The topological polar surface area (TPSA) is 58.6 Å². The zero-order chi connectivity index (χ0) is 17.9. The van der Waals surface area contributed by atoms with Crippen molar-refractivity contribution in [3.63, 3.8) is 0 Å². The summed E-state index contributed by atoms with van der Waals surface area (Å²) in [5, 5.41) is 3.35. The van der Waals surface area contributed by atoms with Crippen LogP contribution >= 0.6 is 0 Å². The van der Waals surface area contributed by atoms with E-state index in [0.29, 0.717) is 0 Å². The van der Waals surface area contributed by atoms with E-state index in [4.69, 9.17) is 9.53 Å². The van der Waals surface area contributed by atoms with Crippen LogP contribution in [0, 0.1) is 6.92 Å². The molecule has 1 amide bonds. The first-order chi connectivity index (χ1) is 11.3. The number of benzene rings is 1. The minimum Gasteiger partial charge on any atom is -0.496 e. The quantitative estimate of drug-likeness (QED) is 0.788. The third-order valence-corrected chi connectivity index (χ3v) is 4.10. The Morgan fingerprint density at radius 2 is 2.04 bits per heavy atom. The van der Waals surface area contributed by atoms with Crippen molar-refractivity contribution in [2.45, 2.75) is 25.6 Å². The smallest absolute Gasteiger partial charge is 0.446 e. The van der Waals surface area contributed by atoms with Crippen LogP contribution < -0.4 is 10.1 Å². The third kappa shape index (κ3) is 3.87. The number of nitrogens with zero attached hydrogens (tertiary/aromatic N) is 1. The van der Waals surface area contributed by atoms with E-state index in [1.165, 1.54) is 0 Å². The van der Waals surface area contributed by atoms with E-state index in [1.807, 2.05) is 24.0 Å². The Bertz CT molecular complexity index is 632. The van der Waals surface area contributed by atoms with Gasteiger partial charge in [-0.3, -0.25) is 9.59 Å². The molecular weight excluding hydrogens is 325 g/mol. The number of carbonyl (C=O) groups is 2. The highest BCUT2D eigenvalue weighted by molar-refractivity contribution is 5.99. The number of halogens is 3. The maximum Gasteiger partial charge on any atom is 0.446 e. The van der Waals surface area contributed by atoms with Gasteiger partial charge >= 0.3 is 6.18 Å². The third-order valence-electron chi connectivity index (χ3n) is 4.10. The SMILES string of the molecule is COc1ccc(C)c2c1C[C@@H]1CNCCN1C2=O.O=CC(F)(F)F. The zero-order valence-corrected chi connectivity index (χ0v) is 13.4. The molecule has 0 aromatic heterocycles. The van der Waals surface area contributed by atoms with Crippen LogP contribution in [0.15, 0.2) is 12.1 Å². The van der Waals surface area contributed by atoms with Gasteiger partial charge in [-0.25, -0.2) is 0 Å². The summed E-state index contributed by atoms with van der Waals surface area (Å²) in [6.45, 7) is 4.57. The molecule has 1 fully saturated rings. The molecule has 2 aliphatic rings. The largest absolute Gasteiger partial charge is 0.496 e. The molecule has 0 aliphatic carbocycles. The molecule has 0 spiro atoms. The number of rotatable bonds is 1. The lowest BCUT2D eigenvalue weighted by Gasteiger charge is -2.41. The van der Waals surface area contributed by atoms with E-state index in [2.05, 4.69) is 5.32 Å². The van der Waals surface area contributed by atoms with E-state index in [-0.39, 0.29) is 11.9 Å². The fourth-order valence-corrected chi connectivity index (χ4v) is 3.03.